The highest BCUT2D eigenvalue weighted by Gasteiger charge is 2.08. The van der Waals surface area contributed by atoms with Crippen LogP contribution in [0.3, 0.4) is 0 Å². The summed E-state index contributed by atoms with van der Waals surface area (Å²) >= 11 is 0. The van der Waals surface area contributed by atoms with Gasteiger partial charge in [-0.1, -0.05) is 6.07 Å². The summed E-state index contributed by atoms with van der Waals surface area (Å²) < 4.78 is 6.83. The molecule has 0 amide bonds. The van der Waals surface area contributed by atoms with Crippen LogP contribution in [0.2, 0.25) is 0 Å². The van der Waals surface area contributed by atoms with Crippen LogP contribution in [-0.4, -0.2) is 15.4 Å². The van der Waals surface area contributed by atoms with E-state index in [-0.39, 0.29) is 11.6 Å². The highest BCUT2D eigenvalue weighted by molar-refractivity contribution is 5.46. The lowest BCUT2D eigenvalue weighted by molar-refractivity contribution is 0.497. The van der Waals surface area contributed by atoms with Gasteiger partial charge >= 0.3 is 0 Å². The lowest BCUT2D eigenvalue weighted by Gasteiger charge is -2.13. The molecule has 0 aliphatic heterocycles. The van der Waals surface area contributed by atoms with E-state index in [0.717, 1.165) is 12.2 Å². The van der Waals surface area contributed by atoms with Crippen molar-refractivity contribution in [2.24, 2.45) is 0 Å². The van der Waals surface area contributed by atoms with Crippen molar-refractivity contribution in [2.75, 3.05) is 5.32 Å². The molecule has 0 bridgehead atoms. The van der Waals surface area contributed by atoms with E-state index in [1.807, 2.05) is 37.3 Å². The van der Waals surface area contributed by atoms with Gasteiger partial charge in [0.15, 0.2) is 0 Å². The third-order valence-corrected chi connectivity index (χ3v) is 3.05. The molecule has 3 aromatic heterocycles. The molecule has 0 aromatic carbocycles. The normalized spacial score (nSPS) is 12.4. The van der Waals surface area contributed by atoms with E-state index in [1.165, 1.54) is 10.5 Å². The smallest absolute Gasteiger partial charge is 0.259 e. The number of hydrogen-bond donors (Lipinski definition) is 1. The number of anilines is 1. The summed E-state index contributed by atoms with van der Waals surface area (Å²) in [5.41, 5.74) is 0.538. The van der Waals surface area contributed by atoms with Crippen molar-refractivity contribution in [3.8, 4) is 0 Å². The molecule has 3 heterocycles. The van der Waals surface area contributed by atoms with E-state index in [0.29, 0.717) is 11.5 Å². The van der Waals surface area contributed by atoms with Crippen LogP contribution in [0.15, 0.2) is 58.1 Å². The summed E-state index contributed by atoms with van der Waals surface area (Å²) in [6.07, 6.45) is 4.10. The predicted molar refractivity (Wildman–Crippen MR) is 77.0 cm³/mol. The molecule has 3 rings (SSSR count). The van der Waals surface area contributed by atoms with Gasteiger partial charge in [0.1, 0.15) is 17.2 Å². The van der Waals surface area contributed by atoms with Crippen molar-refractivity contribution in [3.63, 3.8) is 0 Å². The summed E-state index contributed by atoms with van der Waals surface area (Å²) in [6.45, 7) is 2.02. The van der Waals surface area contributed by atoms with Crippen LogP contribution in [0.4, 0.5) is 5.82 Å². The summed E-state index contributed by atoms with van der Waals surface area (Å²) in [6, 6.07) is 10.9. The zero-order chi connectivity index (χ0) is 13.9. The van der Waals surface area contributed by atoms with Crippen molar-refractivity contribution in [1.82, 2.24) is 9.38 Å². The first-order chi connectivity index (χ1) is 9.72. The monoisotopic (exact) mass is 269 g/mol. The van der Waals surface area contributed by atoms with Crippen LogP contribution in [0, 0.1) is 0 Å². The van der Waals surface area contributed by atoms with E-state index in [9.17, 15) is 4.79 Å². The average molecular weight is 269 g/mol. The molecule has 20 heavy (non-hydrogen) atoms. The Morgan fingerprint density at radius 1 is 1.35 bits per heavy atom. The fourth-order valence-corrected chi connectivity index (χ4v) is 2.16. The predicted octanol–water partition coefficient (Wildman–Crippen LogP) is 2.33. The molecule has 0 saturated carbocycles. The molecule has 102 valence electrons. The Morgan fingerprint density at radius 2 is 2.25 bits per heavy atom. The van der Waals surface area contributed by atoms with Crippen LogP contribution in [0.1, 0.15) is 12.7 Å². The molecule has 0 radical (unpaired) electrons. The maximum atomic E-state index is 12.0. The second-order valence-corrected chi connectivity index (χ2v) is 4.74. The van der Waals surface area contributed by atoms with Crippen LogP contribution in [0.25, 0.3) is 5.65 Å². The minimum Gasteiger partial charge on any atom is -0.469 e. The van der Waals surface area contributed by atoms with Gasteiger partial charge in [-0.2, -0.15) is 0 Å². The Bertz CT molecular complexity index is 762. The van der Waals surface area contributed by atoms with Crippen molar-refractivity contribution in [3.05, 3.63) is 65.0 Å². The molecule has 5 heteroatoms. The first-order valence-corrected chi connectivity index (χ1v) is 6.50. The molecule has 3 aromatic rings. The van der Waals surface area contributed by atoms with Crippen molar-refractivity contribution >= 4 is 11.5 Å². The fraction of sp³-hybridized carbons (Fsp3) is 0.200. The number of furan rings is 1. The Balaban J connectivity index is 1.82. The largest absolute Gasteiger partial charge is 0.469 e. The van der Waals surface area contributed by atoms with E-state index in [2.05, 4.69) is 10.3 Å². The quantitative estimate of drug-likeness (QED) is 0.789. The summed E-state index contributed by atoms with van der Waals surface area (Å²) in [7, 11) is 0. The van der Waals surface area contributed by atoms with Gasteiger partial charge < -0.3 is 9.73 Å². The zero-order valence-corrected chi connectivity index (χ0v) is 11.1. The lowest BCUT2D eigenvalue weighted by atomic mass is 10.2. The van der Waals surface area contributed by atoms with Gasteiger partial charge in [0.25, 0.3) is 5.56 Å². The number of rotatable bonds is 4. The van der Waals surface area contributed by atoms with Gasteiger partial charge in [-0.05, 0) is 31.2 Å². The van der Waals surface area contributed by atoms with E-state index in [1.54, 1.807) is 12.5 Å². The van der Waals surface area contributed by atoms with Gasteiger partial charge in [-0.15, -0.1) is 0 Å². The molecular formula is C15H15N3O2. The fourth-order valence-electron chi connectivity index (χ4n) is 2.16. The first kappa shape index (κ1) is 12.5. The second-order valence-electron chi connectivity index (χ2n) is 4.74. The first-order valence-electron chi connectivity index (χ1n) is 6.50. The van der Waals surface area contributed by atoms with Crippen LogP contribution >= 0.6 is 0 Å². The number of pyridine rings is 1. The Labute approximate surface area is 115 Å². The van der Waals surface area contributed by atoms with Gasteiger partial charge in [0, 0.05) is 24.7 Å². The minimum atomic E-state index is -0.0942. The van der Waals surface area contributed by atoms with Crippen LogP contribution in [0.5, 0.6) is 0 Å². The third-order valence-electron chi connectivity index (χ3n) is 3.05. The molecule has 0 fully saturated rings. The van der Waals surface area contributed by atoms with Gasteiger partial charge in [0.2, 0.25) is 0 Å². The number of nitrogens with one attached hydrogen (secondary N) is 1. The van der Waals surface area contributed by atoms with Crippen molar-refractivity contribution < 1.29 is 4.42 Å². The number of aromatic nitrogens is 2. The summed E-state index contributed by atoms with van der Waals surface area (Å²) in [5.74, 6) is 1.49. The molecule has 0 aliphatic rings. The van der Waals surface area contributed by atoms with Gasteiger partial charge in [-0.3, -0.25) is 9.20 Å². The molecule has 0 aliphatic carbocycles. The third kappa shape index (κ3) is 2.56. The molecule has 0 saturated heterocycles. The highest BCUT2D eigenvalue weighted by Crippen LogP contribution is 2.09. The lowest BCUT2D eigenvalue weighted by Crippen LogP contribution is -2.22. The Hall–Kier alpha value is -2.56. The number of hydrogen-bond acceptors (Lipinski definition) is 4. The SMILES string of the molecule is C[C@H](Cc1ccco1)Nc1cc(=O)n2ccccc2n1. The zero-order valence-electron chi connectivity index (χ0n) is 11.1. The summed E-state index contributed by atoms with van der Waals surface area (Å²) in [4.78, 5) is 16.4. The standard InChI is InChI=1S/C15H15N3O2/c1-11(9-12-5-4-8-20-12)16-13-10-15(19)18-7-3-2-6-14(18)17-13/h2-8,10-11,16H,9H2,1H3/t11-/m1/s1. The highest BCUT2D eigenvalue weighted by atomic mass is 16.3. The number of nitrogens with zero attached hydrogens (tertiary/aromatic N) is 2. The van der Waals surface area contributed by atoms with Crippen LogP contribution in [-0.2, 0) is 6.42 Å². The molecule has 0 unspecified atom stereocenters. The maximum absolute atomic E-state index is 12.0. The Morgan fingerprint density at radius 3 is 3.05 bits per heavy atom. The van der Waals surface area contributed by atoms with Gasteiger partial charge in [-0.25, -0.2) is 4.98 Å². The molecule has 0 spiro atoms. The molecule has 5 nitrogen and oxygen atoms in total. The second kappa shape index (κ2) is 5.21. The summed E-state index contributed by atoms with van der Waals surface area (Å²) in [5, 5.41) is 3.23. The topological polar surface area (TPSA) is 59.5 Å². The van der Waals surface area contributed by atoms with Crippen molar-refractivity contribution in [1.29, 1.82) is 0 Å². The minimum absolute atomic E-state index is 0.0942. The van der Waals surface area contributed by atoms with Crippen LogP contribution < -0.4 is 10.9 Å². The Kier molecular flexibility index (Phi) is 3.25. The molecular weight excluding hydrogens is 254 g/mol. The molecule has 1 N–H and O–H groups in total. The van der Waals surface area contributed by atoms with E-state index < -0.39 is 0 Å². The van der Waals surface area contributed by atoms with E-state index >= 15 is 0 Å². The molecule has 1 atom stereocenters. The maximum Gasteiger partial charge on any atom is 0.259 e. The number of fused-ring (bicyclic) bond motifs is 1. The van der Waals surface area contributed by atoms with Crippen molar-refractivity contribution in [2.45, 2.75) is 19.4 Å². The average Bonchev–Trinajstić information content (AvgIpc) is 2.91. The van der Waals surface area contributed by atoms with Gasteiger partial charge in [0.05, 0.1) is 6.26 Å². The van der Waals surface area contributed by atoms with E-state index in [4.69, 9.17) is 4.42 Å².